The number of rotatable bonds is 8. The van der Waals surface area contributed by atoms with Crippen molar-refractivity contribution >= 4 is 5.91 Å². The van der Waals surface area contributed by atoms with Gasteiger partial charge in [-0.05, 0) is 19.3 Å². The number of unbranched alkanes of at least 4 members (excludes halogenated alkanes) is 2. The fourth-order valence-corrected chi connectivity index (χ4v) is 1.35. The third kappa shape index (κ3) is 4.92. The van der Waals surface area contributed by atoms with Crippen molar-refractivity contribution in [2.45, 2.75) is 25.8 Å². The number of hydrogen-bond donors (Lipinski definition) is 3. The molecule has 7 heteroatoms. The monoisotopic (exact) mass is 241 g/mol. The summed E-state index contributed by atoms with van der Waals surface area (Å²) in [5.74, 6) is -0.225. The van der Waals surface area contributed by atoms with E-state index in [9.17, 15) is 4.79 Å². The van der Waals surface area contributed by atoms with Crippen molar-refractivity contribution in [3.8, 4) is 0 Å². The highest BCUT2D eigenvalue weighted by molar-refractivity contribution is 5.91. The quantitative estimate of drug-likeness (QED) is 0.513. The van der Waals surface area contributed by atoms with Gasteiger partial charge in [-0.3, -0.25) is 9.48 Å². The van der Waals surface area contributed by atoms with Crippen LogP contribution in [0.1, 0.15) is 29.8 Å². The molecule has 1 rings (SSSR count). The standard InChI is InChI=1S/C10H19N5O2/c11-4-6-15-8-9(13-14-15)10(17)12-5-2-1-3-7-16/h8,16H,1-7,11H2,(H,12,17). The lowest BCUT2D eigenvalue weighted by Gasteiger charge is -2.01. The molecule has 1 amide bonds. The summed E-state index contributed by atoms with van der Waals surface area (Å²) in [6, 6.07) is 0. The van der Waals surface area contributed by atoms with E-state index in [4.69, 9.17) is 10.8 Å². The molecule has 4 N–H and O–H groups in total. The van der Waals surface area contributed by atoms with Crippen molar-refractivity contribution in [3.05, 3.63) is 11.9 Å². The number of amides is 1. The summed E-state index contributed by atoms with van der Waals surface area (Å²) >= 11 is 0. The van der Waals surface area contributed by atoms with Gasteiger partial charge in [0.05, 0.1) is 12.7 Å². The minimum atomic E-state index is -0.225. The van der Waals surface area contributed by atoms with Crippen molar-refractivity contribution in [3.63, 3.8) is 0 Å². The van der Waals surface area contributed by atoms with Gasteiger partial charge in [0.2, 0.25) is 0 Å². The van der Waals surface area contributed by atoms with Crippen molar-refractivity contribution in [2.75, 3.05) is 19.7 Å². The van der Waals surface area contributed by atoms with Crippen molar-refractivity contribution < 1.29 is 9.90 Å². The Morgan fingerprint density at radius 1 is 1.47 bits per heavy atom. The van der Waals surface area contributed by atoms with Gasteiger partial charge in [0.1, 0.15) is 0 Å². The van der Waals surface area contributed by atoms with Crippen LogP contribution in [0.2, 0.25) is 0 Å². The molecule has 0 aromatic carbocycles. The second-order valence-electron chi connectivity index (χ2n) is 3.70. The molecule has 0 saturated carbocycles. The summed E-state index contributed by atoms with van der Waals surface area (Å²) in [6.45, 7) is 1.80. The highest BCUT2D eigenvalue weighted by atomic mass is 16.2. The normalized spacial score (nSPS) is 10.5. The van der Waals surface area contributed by atoms with Gasteiger partial charge in [0.15, 0.2) is 5.69 Å². The number of nitrogens with zero attached hydrogens (tertiary/aromatic N) is 3. The third-order valence-electron chi connectivity index (χ3n) is 2.25. The number of nitrogens with one attached hydrogen (secondary N) is 1. The molecule has 0 aliphatic heterocycles. The van der Waals surface area contributed by atoms with Crippen LogP contribution < -0.4 is 11.1 Å². The maximum atomic E-state index is 11.6. The molecular formula is C10H19N5O2. The summed E-state index contributed by atoms with van der Waals surface area (Å²) < 4.78 is 1.54. The van der Waals surface area contributed by atoms with Crippen molar-refractivity contribution in [1.29, 1.82) is 0 Å². The molecule has 1 aromatic heterocycles. The molecule has 1 heterocycles. The van der Waals surface area contributed by atoms with Gasteiger partial charge >= 0.3 is 0 Å². The van der Waals surface area contributed by atoms with Crippen LogP contribution in [0.3, 0.4) is 0 Å². The fourth-order valence-electron chi connectivity index (χ4n) is 1.35. The molecule has 7 nitrogen and oxygen atoms in total. The van der Waals surface area contributed by atoms with Crippen LogP contribution in [0.5, 0.6) is 0 Å². The van der Waals surface area contributed by atoms with E-state index < -0.39 is 0 Å². The number of hydrogen-bond acceptors (Lipinski definition) is 5. The maximum absolute atomic E-state index is 11.6. The zero-order valence-electron chi connectivity index (χ0n) is 9.80. The van der Waals surface area contributed by atoms with Crippen LogP contribution in [0, 0.1) is 0 Å². The van der Waals surface area contributed by atoms with E-state index in [2.05, 4.69) is 15.6 Å². The van der Waals surface area contributed by atoms with E-state index in [1.165, 1.54) is 0 Å². The third-order valence-corrected chi connectivity index (χ3v) is 2.25. The smallest absolute Gasteiger partial charge is 0.273 e. The Balaban J connectivity index is 2.26. The summed E-state index contributed by atoms with van der Waals surface area (Å²) in [4.78, 5) is 11.6. The topological polar surface area (TPSA) is 106 Å². The zero-order valence-corrected chi connectivity index (χ0v) is 9.80. The number of aliphatic hydroxyl groups is 1. The second-order valence-corrected chi connectivity index (χ2v) is 3.70. The summed E-state index contributed by atoms with van der Waals surface area (Å²) in [6.07, 6.45) is 4.10. The van der Waals surface area contributed by atoms with Crippen molar-refractivity contribution in [2.24, 2.45) is 5.73 Å². The molecule has 0 aliphatic rings. The van der Waals surface area contributed by atoms with E-state index in [1.54, 1.807) is 10.9 Å². The lowest BCUT2D eigenvalue weighted by Crippen LogP contribution is -2.24. The Hall–Kier alpha value is -1.47. The Morgan fingerprint density at radius 3 is 3.00 bits per heavy atom. The van der Waals surface area contributed by atoms with Crippen LogP contribution in [0.15, 0.2) is 6.20 Å². The predicted molar refractivity (Wildman–Crippen MR) is 62.3 cm³/mol. The number of nitrogens with two attached hydrogens (primary N) is 1. The molecule has 0 radical (unpaired) electrons. The van der Waals surface area contributed by atoms with E-state index in [0.717, 1.165) is 19.3 Å². The first-order valence-electron chi connectivity index (χ1n) is 5.77. The first-order valence-corrected chi connectivity index (χ1v) is 5.77. The lowest BCUT2D eigenvalue weighted by atomic mass is 10.2. The van der Waals surface area contributed by atoms with Crippen LogP contribution in [-0.2, 0) is 6.54 Å². The molecule has 0 spiro atoms. The van der Waals surface area contributed by atoms with Crippen LogP contribution in [0.25, 0.3) is 0 Å². The van der Waals surface area contributed by atoms with E-state index in [0.29, 0.717) is 25.3 Å². The zero-order chi connectivity index (χ0) is 12.5. The molecule has 96 valence electrons. The van der Waals surface area contributed by atoms with Crippen LogP contribution in [0.4, 0.5) is 0 Å². The molecule has 0 unspecified atom stereocenters. The number of carbonyl (C=O) groups is 1. The summed E-state index contributed by atoms with van der Waals surface area (Å²) in [7, 11) is 0. The molecule has 0 bridgehead atoms. The first kappa shape index (κ1) is 13.6. The van der Waals surface area contributed by atoms with Gasteiger partial charge < -0.3 is 16.2 Å². The Kier molecular flexibility index (Phi) is 6.19. The highest BCUT2D eigenvalue weighted by Crippen LogP contribution is 1.95. The largest absolute Gasteiger partial charge is 0.396 e. The Labute approximate surface area is 100.0 Å². The molecule has 0 saturated heterocycles. The maximum Gasteiger partial charge on any atom is 0.273 e. The van der Waals surface area contributed by atoms with E-state index in [1.807, 2.05) is 0 Å². The Bertz CT molecular complexity index is 339. The van der Waals surface area contributed by atoms with Gasteiger partial charge in [-0.2, -0.15) is 0 Å². The minimum absolute atomic E-state index is 0.196. The predicted octanol–water partition coefficient (Wildman–Crippen LogP) is -0.871. The first-order chi connectivity index (χ1) is 8.27. The van der Waals surface area contributed by atoms with Gasteiger partial charge in [-0.15, -0.1) is 5.10 Å². The SMILES string of the molecule is NCCn1cc(C(=O)NCCCCCO)nn1. The average Bonchev–Trinajstić information content (AvgIpc) is 2.78. The molecule has 1 aromatic rings. The summed E-state index contributed by atoms with van der Waals surface area (Å²) in [5, 5.41) is 18.9. The van der Waals surface area contributed by atoms with E-state index in [-0.39, 0.29) is 12.5 Å². The van der Waals surface area contributed by atoms with Gasteiger partial charge in [-0.1, -0.05) is 5.21 Å². The van der Waals surface area contributed by atoms with Crippen LogP contribution >= 0.6 is 0 Å². The second kappa shape index (κ2) is 7.75. The molecule has 0 atom stereocenters. The Morgan fingerprint density at radius 2 is 2.29 bits per heavy atom. The number of aliphatic hydroxyl groups excluding tert-OH is 1. The molecule has 17 heavy (non-hydrogen) atoms. The van der Waals surface area contributed by atoms with Gasteiger partial charge in [0, 0.05) is 19.7 Å². The number of aromatic nitrogens is 3. The molecular weight excluding hydrogens is 222 g/mol. The molecule has 0 aliphatic carbocycles. The van der Waals surface area contributed by atoms with Gasteiger partial charge in [0.25, 0.3) is 5.91 Å². The summed E-state index contributed by atoms with van der Waals surface area (Å²) in [5.41, 5.74) is 5.67. The average molecular weight is 241 g/mol. The van der Waals surface area contributed by atoms with Gasteiger partial charge in [-0.25, -0.2) is 0 Å². The highest BCUT2D eigenvalue weighted by Gasteiger charge is 2.09. The fraction of sp³-hybridized carbons (Fsp3) is 0.700. The lowest BCUT2D eigenvalue weighted by molar-refractivity contribution is 0.0948. The van der Waals surface area contributed by atoms with Crippen molar-refractivity contribution in [1.82, 2.24) is 20.3 Å². The minimum Gasteiger partial charge on any atom is -0.396 e. The molecule has 0 fully saturated rings. The van der Waals surface area contributed by atoms with Crippen LogP contribution in [-0.4, -0.2) is 45.7 Å². The van der Waals surface area contributed by atoms with E-state index >= 15 is 0 Å². The number of carbonyl (C=O) groups excluding carboxylic acids is 1.